The third-order valence-electron chi connectivity index (χ3n) is 5.59. The van der Waals surface area contributed by atoms with E-state index in [0.717, 1.165) is 27.5 Å². The van der Waals surface area contributed by atoms with Crippen molar-refractivity contribution in [1.82, 2.24) is 4.98 Å². The van der Waals surface area contributed by atoms with Crippen LogP contribution >= 0.6 is 11.8 Å². The molecule has 3 aromatic carbocycles. The van der Waals surface area contributed by atoms with Gasteiger partial charge in [0.15, 0.2) is 5.78 Å². The lowest BCUT2D eigenvalue weighted by Gasteiger charge is -2.16. The van der Waals surface area contributed by atoms with Crippen molar-refractivity contribution in [3.8, 4) is 0 Å². The number of aromatic nitrogens is 1. The summed E-state index contributed by atoms with van der Waals surface area (Å²) in [5.41, 5.74) is 3.72. The minimum absolute atomic E-state index is 0.0488. The molecular formula is C29H25NO3S. The highest BCUT2D eigenvalue weighted by Gasteiger charge is 2.22. The summed E-state index contributed by atoms with van der Waals surface area (Å²) in [7, 11) is 0. The van der Waals surface area contributed by atoms with Crippen molar-refractivity contribution in [3.63, 3.8) is 0 Å². The quantitative estimate of drug-likeness (QED) is 0.162. The van der Waals surface area contributed by atoms with Gasteiger partial charge in [-0.05, 0) is 34.2 Å². The number of aliphatic carboxylic acids is 1. The summed E-state index contributed by atoms with van der Waals surface area (Å²) in [6.45, 7) is 0. The number of nitrogens with zero attached hydrogens (tertiary/aromatic N) is 1. The molecule has 4 aromatic rings. The van der Waals surface area contributed by atoms with Crippen LogP contribution in [0.1, 0.15) is 39.4 Å². The van der Waals surface area contributed by atoms with Gasteiger partial charge in [0, 0.05) is 34.8 Å². The van der Waals surface area contributed by atoms with Crippen LogP contribution in [0.5, 0.6) is 0 Å². The molecule has 1 aromatic heterocycles. The normalized spacial score (nSPS) is 12.1. The molecule has 5 heteroatoms. The number of carboxylic acids is 1. The molecule has 0 aliphatic heterocycles. The minimum Gasteiger partial charge on any atom is -0.481 e. The number of carbonyl (C=O) groups is 2. The van der Waals surface area contributed by atoms with Gasteiger partial charge in [-0.3, -0.25) is 14.6 Å². The lowest BCUT2D eigenvalue weighted by atomic mass is 9.92. The van der Waals surface area contributed by atoms with E-state index in [2.05, 4.69) is 29.3 Å². The number of hydrogen-bond acceptors (Lipinski definition) is 4. The topological polar surface area (TPSA) is 67.3 Å². The summed E-state index contributed by atoms with van der Waals surface area (Å²) in [6.07, 6.45) is 7.83. The first kappa shape index (κ1) is 23.5. The third-order valence-corrected chi connectivity index (χ3v) is 6.65. The fraction of sp³-hybridized carbons (Fsp3) is 0.138. The van der Waals surface area contributed by atoms with Crippen LogP contribution in [-0.2, 0) is 4.79 Å². The van der Waals surface area contributed by atoms with Gasteiger partial charge < -0.3 is 5.11 Å². The predicted molar refractivity (Wildman–Crippen MR) is 140 cm³/mol. The van der Waals surface area contributed by atoms with Crippen molar-refractivity contribution < 1.29 is 14.7 Å². The van der Waals surface area contributed by atoms with Crippen molar-refractivity contribution in [2.75, 3.05) is 11.5 Å². The summed E-state index contributed by atoms with van der Waals surface area (Å²) in [5.74, 6) is -0.0449. The molecule has 1 heterocycles. The second kappa shape index (κ2) is 11.4. The molecule has 0 aliphatic rings. The van der Waals surface area contributed by atoms with E-state index in [-0.39, 0.29) is 18.1 Å². The molecule has 0 spiro atoms. The van der Waals surface area contributed by atoms with Crippen LogP contribution in [-0.4, -0.2) is 33.3 Å². The number of Topliss-reactive ketones (excluding diaryl/α,β-unsaturated/α-hetero) is 1. The van der Waals surface area contributed by atoms with E-state index in [4.69, 9.17) is 5.11 Å². The molecule has 0 saturated heterocycles. The first-order chi connectivity index (χ1) is 16.6. The standard InChI is InChI=1S/C29H25NO3S/c31-28(32)15-17-34-20-27(23-4-2-1-3-5-23)29(33)24-11-8-21(9-12-24)6-7-22-10-13-26-19-30-16-14-25(26)18-22/h1-14,16,18-19,27H,15,17,20H2,(H,31,32)/b7-6+. The molecule has 0 bridgehead atoms. The smallest absolute Gasteiger partial charge is 0.304 e. The van der Waals surface area contributed by atoms with Crippen molar-refractivity contribution in [3.05, 3.63) is 114 Å². The van der Waals surface area contributed by atoms with Crippen LogP contribution in [0.4, 0.5) is 0 Å². The van der Waals surface area contributed by atoms with E-state index in [0.29, 0.717) is 17.1 Å². The molecule has 1 atom stereocenters. The fourth-order valence-electron chi connectivity index (χ4n) is 3.73. The Hall–Kier alpha value is -3.70. The molecule has 170 valence electrons. The molecule has 0 amide bonds. The van der Waals surface area contributed by atoms with E-state index >= 15 is 0 Å². The molecule has 4 rings (SSSR count). The average molecular weight is 468 g/mol. The second-order valence-electron chi connectivity index (χ2n) is 7.98. The van der Waals surface area contributed by atoms with Crippen LogP contribution in [0, 0.1) is 0 Å². The van der Waals surface area contributed by atoms with Gasteiger partial charge >= 0.3 is 5.97 Å². The lowest BCUT2D eigenvalue weighted by Crippen LogP contribution is -2.16. The first-order valence-corrected chi connectivity index (χ1v) is 12.3. The first-order valence-electron chi connectivity index (χ1n) is 11.1. The summed E-state index contributed by atoms with van der Waals surface area (Å²) < 4.78 is 0. The Kier molecular flexibility index (Phi) is 7.89. The number of carboxylic acid groups (broad SMARTS) is 1. The molecule has 0 aliphatic carbocycles. The molecule has 1 N–H and O–H groups in total. The molecule has 0 radical (unpaired) electrons. The Bertz CT molecular complexity index is 1300. The summed E-state index contributed by atoms with van der Waals surface area (Å²) >= 11 is 1.50. The SMILES string of the molecule is O=C(O)CCSCC(C(=O)c1ccc(/C=C/c2ccc3cnccc3c2)cc1)c1ccccc1. The molecule has 1 unspecified atom stereocenters. The van der Waals surface area contributed by atoms with Crippen molar-refractivity contribution >= 4 is 46.4 Å². The van der Waals surface area contributed by atoms with Crippen LogP contribution in [0.2, 0.25) is 0 Å². The number of pyridine rings is 1. The largest absolute Gasteiger partial charge is 0.481 e. The Morgan fingerprint density at radius 3 is 2.38 bits per heavy atom. The van der Waals surface area contributed by atoms with Crippen LogP contribution in [0.15, 0.2) is 91.3 Å². The molecule has 0 saturated carbocycles. The maximum Gasteiger partial charge on any atom is 0.304 e. The number of carbonyl (C=O) groups excluding carboxylic acids is 1. The fourth-order valence-corrected chi connectivity index (χ4v) is 4.79. The van der Waals surface area contributed by atoms with Gasteiger partial charge in [-0.1, -0.05) is 78.9 Å². The molecular weight excluding hydrogens is 442 g/mol. The van der Waals surface area contributed by atoms with Gasteiger partial charge in [0.25, 0.3) is 0 Å². The minimum atomic E-state index is -0.820. The summed E-state index contributed by atoms with van der Waals surface area (Å²) in [6, 6.07) is 25.6. The third kappa shape index (κ3) is 6.21. The van der Waals surface area contributed by atoms with E-state index < -0.39 is 5.97 Å². The highest BCUT2D eigenvalue weighted by molar-refractivity contribution is 7.99. The summed E-state index contributed by atoms with van der Waals surface area (Å²) in [4.78, 5) is 28.3. The monoisotopic (exact) mass is 467 g/mol. The van der Waals surface area contributed by atoms with Gasteiger partial charge in [0.2, 0.25) is 0 Å². The molecule has 0 fully saturated rings. The maximum atomic E-state index is 13.3. The summed E-state index contributed by atoms with van der Waals surface area (Å²) in [5, 5.41) is 11.1. The Morgan fingerprint density at radius 2 is 1.62 bits per heavy atom. The van der Waals surface area contributed by atoms with E-state index in [1.807, 2.05) is 72.9 Å². The van der Waals surface area contributed by atoms with Gasteiger partial charge in [-0.2, -0.15) is 11.8 Å². The second-order valence-corrected chi connectivity index (χ2v) is 9.13. The Balaban J connectivity index is 1.47. The number of ketones is 1. The van der Waals surface area contributed by atoms with Crippen LogP contribution in [0.25, 0.3) is 22.9 Å². The van der Waals surface area contributed by atoms with Gasteiger partial charge in [0.05, 0.1) is 12.3 Å². The number of fused-ring (bicyclic) bond motifs is 1. The number of benzene rings is 3. The van der Waals surface area contributed by atoms with Gasteiger partial charge in [-0.15, -0.1) is 0 Å². The van der Waals surface area contributed by atoms with Crippen LogP contribution in [0.3, 0.4) is 0 Å². The Morgan fingerprint density at radius 1 is 0.882 bits per heavy atom. The van der Waals surface area contributed by atoms with E-state index in [9.17, 15) is 9.59 Å². The van der Waals surface area contributed by atoms with Crippen molar-refractivity contribution in [1.29, 1.82) is 0 Å². The number of thioether (sulfide) groups is 1. The van der Waals surface area contributed by atoms with Crippen molar-refractivity contribution in [2.45, 2.75) is 12.3 Å². The zero-order chi connectivity index (χ0) is 23.8. The number of rotatable bonds is 10. The van der Waals surface area contributed by atoms with Crippen molar-refractivity contribution in [2.24, 2.45) is 0 Å². The van der Waals surface area contributed by atoms with Gasteiger partial charge in [0.1, 0.15) is 0 Å². The molecule has 34 heavy (non-hydrogen) atoms. The highest BCUT2D eigenvalue weighted by atomic mass is 32.2. The van der Waals surface area contributed by atoms with E-state index in [1.54, 1.807) is 6.20 Å². The predicted octanol–water partition coefficient (Wildman–Crippen LogP) is 6.58. The van der Waals surface area contributed by atoms with Gasteiger partial charge in [-0.25, -0.2) is 0 Å². The van der Waals surface area contributed by atoms with E-state index in [1.165, 1.54) is 11.8 Å². The lowest BCUT2D eigenvalue weighted by molar-refractivity contribution is -0.136. The van der Waals surface area contributed by atoms with Crippen LogP contribution < -0.4 is 0 Å². The number of hydrogen-bond donors (Lipinski definition) is 1. The Labute approximate surface area is 203 Å². The maximum absolute atomic E-state index is 13.3. The zero-order valence-corrected chi connectivity index (χ0v) is 19.4. The average Bonchev–Trinajstić information content (AvgIpc) is 2.87. The zero-order valence-electron chi connectivity index (χ0n) is 18.6. The highest BCUT2D eigenvalue weighted by Crippen LogP contribution is 2.26. The molecule has 4 nitrogen and oxygen atoms in total.